The average Bonchev–Trinajstić information content (AvgIpc) is 2.39. The maximum absolute atomic E-state index is 11.8. The van der Waals surface area contributed by atoms with Crippen LogP contribution < -0.4 is 0 Å². The van der Waals surface area contributed by atoms with Gasteiger partial charge in [0.05, 0.1) is 24.4 Å². The lowest BCUT2D eigenvalue weighted by atomic mass is 9.83. The minimum absolute atomic E-state index is 0.150. The molecular formula is C15H26O3S. The summed E-state index contributed by atoms with van der Waals surface area (Å²) in [6, 6.07) is 0. The molecule has 1 aliphatic carbocycles. The number of hydrogen-bond donors (Lipinski definition) is 0. The van der Waals surface area contributed by atoms with Gasteiger partial charge in [0.15, 0.2) is 9.84 Å². The zero-order chi connectivity index (χ0) is 13.8. The van der Waals surface area contributed by atoms with E-state index < -0.39 is 9.84 Å². The van der Waals surface area contributed by atoms with Crippen LogP contribution in [0.5, 0.6) is 0 Å². The van der Waals surface area contributed by atoms with Gasteiger partial charge >= 0.3 is 0 Å². The lowest BCUT2D eigenvalue weighted by Crippen LogP contribution is -2.39. The molecule has 1 saturated heterocycles. The van der Waals surface area contributed by atoms with Crippen LogP contribution in [0, 0.1) is 5.41 Å². The third-order valence-corrected chi connectivity index (χ3v) is 6.54. The summed E-state index contributed by atoms with van der Waals surface area (Å²) in [5, 5.41) is 0. The van der Waals surface area contributed by atoms with Gasteiger partial charge in [-0.15, -0.1) is 0 Å². The Morgan fingerprint density at radius 1 is 1.21 bits per heavy atom. The third kappa shape index (κ3) is 4.23. The molecule has 2 rings (SSSR count). The number of sulfone groups is 1. The summed E-state index contributed by atoms with van der Waals surface area (Å²) in [5.74, 6) is 0.662. The van der Waals surface area contributed by atoms with Crippen molar-refractivity contribution in [1.29, 1.82) is 0 Å². The van der Waals surface area contributed by atoms with Crippen molar-refractivity contribution in [3.05, 3.63) is 11.8 Å². The second kappa shape index (κ2) is 6.29. The molecule has 3 nitrogen and oxygen atoms in total. The lowest BCUT2D eigenvalue weighted by molar-refractivity contribution is 0.106. The standard InChI is InChI=1S/C15H26O3S/c1-2-15(9-6-10-19(16,17)13-15)12-18-11-14-7-4-3-5-8-14/h11H,2-10,12-13H2,1H3. The van der Waals surface area contributed by atoms with Crippen LogP contribution in [0.15, 0.2) is 11.8 Å². The Morgan fingerprint density at radius 3 is 2.58 bits per heavy atom. The Bertz CT molecular complexity index is 417. The van der Waals surface area contributed by atoms with Crippen LogP contribution in [-0.4, -0.2) is 26.5 Å². The zero-order valence-electron chi connectivity index (χ0n) is 12.0. The molecule has 0 radical (unpaired) electrons. The molecule has 1 heterocycles. The Labute approximate surface area is 117 Å². The van der Waals surface area contributed by atoms with Gasteiger partial charge in [-0.2, -0.15) is 0 Å². The van der Waals surface area contributed by atoms with Crippen LogP contribution in [0.4, 0.5) is 0 Å². The summed E-state index contributed by atoms with van der Waals surface area (Å²) in [5.41, 5.74) is 1.25. The molecule has 0 amide bonds. The Hall–Kier alpha value is -0.510. The first-order chi connectivity index (χ1) is 9.05. The first-order valence-corrected chi connectivity index (χ1v) is 9.37. The monoisotopic (exact) mass is 286 g/mol. The molecule has 2 fully saturated rings. The highest BCUT2D eigenvalue weighted by Crippen LogP contribution is 2.35. The van der Waals surface area contributed by atoms with Gasteiger partial charge in [-0.25, -0.2) is 8.42 Å². The first-order valence-electron chi connectivity index (χ1n) is 7.55. The van der Waals surface area contributed by atoms with Gasteiger partial charge in [0.2, 0.25) is 0 Å². The highest BCUT2D eigenvalue weighted by molar-refractivity contribution is 7.91. The van der Waals surface area contributed by atoms with Crippen molar-refractivity contribution in [2.45, 2.75) is 58.3 Å². The molecule has 0 aromatic rings. The molecule has 0 aromatic heterocycles. The van der Waals surface area contributed by atoms with Crippen LogP contribution in [0.25, 0.3) is 0 Å². The molecule has 0 N–H and O–H groups in total. The maximum Gasteiger partial charge on any atom is 0.150 e. The molecule has 19 heavy (non-hydrogen) atoms. The zero-order valence-corrected chi connectivity index (χ0v) is 12.8. The summed E-state index contributed by atoms with van der Waals surface area (Å²) in [6.07, 6.45) is 10.7. The minimum Gasteiger partial charge on any atom is -0.501 e. The van der Waals surface area contributed by atoms with E-state index in [2.05, 4.69) is 6.92 Å². The Balaban J connectivity index is 1.91. The van der Waals surface area contributed by atoms with Crippen molar-refractivity contribution in [1.82, 2.24) is 0 Å². The summed E-state index contributed by atoms with van der Waals surface area (Å²) < 4.78 is 29.4. The van der Waals surface area contributed by atoms with Crippen molar-refractivity contribution in [3.8, 4) is 0 Å². The predicted molar refractivity (Wildman–Crippen MR) is 77.7 cm³/mol. The van der Waals surface area contributed by atoms with E-state index in [1.54, 1.807) is 0 Å². The molecule has 0 bridgehead atoms. The van der Waals surface area contributed by atoms with Gasteiger partial charge in [0, 0.05) is 5.41 Å². The Kier molecular flexibility index (Phi) is 4.93. The van der Waals surface area contributed by atoms with E-state index in [-0.39, 0.29) is 5.41 Å². The molecule has 1 aliphatic heterocycles. The van der Waals surface area contributed by atoms with Crippen molar-refractivity contribution in [2.75, 3.05) is 18.1 Å². The predicted octanol–water partition coefficient (Wildman–Crippen LogP) is 3.46. The van der Waals surface area contributed by atoms with E-state index in [1.165, 1.54) is 24.8 Å². The number of hydrogen-bond acceptors (Lipinski definition) is 3. The highest BCUT2D eigenvalue weighted by Gasteiger charge is 2.38. The molecular weight excluding hydrogens is 260 g/mol. The molecule has 0 aromatic carbocycles. The second-order valence-electron chi connectivity index (χ2n) is 6.20. The largest absolute Gasteiger partial charge is 0.501 e. The maximum atomic E-state index is 11.8. The average molecular weight is 286 g/mol. The second-order valence-corrected chi connectivity index (χ2v) is 8.38. The van der Waals surface area contributed by atoms with E-state index in [0.29, 0.717) is 18.1 Å². The topological polar surface area (TPSA) is 43.4 Å². The highest BCUT2D eigenvalue weighted by atomic mass is 32.2. The summed E-state index contributed by atoms with van der Waals surface area (Å²) in [6.45, 7) is 2.64. The molecule has 1 unspecified atom stereocenters. The molecule has 4 heteroatoms. The van der Waals surface area contributed by atoms with Crippen molar-refractivity contribution >= 4 is 9.84 Å². The van der Waals surface area contributed by atoms with Crippen LogP contribution in [-0.2, 0) is 14.6 Å². The molecule has 2 aliphatic rings. The lowest BCUT2D eigenvalue weighted by Gasteiger charge is -2.35. The minimum atomic E-state index is -2.86. The fourth-order valence-electron chi connectivity index (χ4n) is 3.23. The van der Waals surface area contributed by atoms with Gasteiger partial charge in [-0.05, 0) is 50.5 Å². The molecule has 1 saturated carbocycles. The number of rotatable bonds is 4. The van der Waals surface area contributed by atoms with E-state index >= 15 is 0 Å². The quantitative estimate of drug-likeness (QED) is 0.743. The fraction of sp³-hybridized carbons (Fsp3) is 0.867. The fourth-order valence-corrected chi connectivity index (χ4v) is 5.33. The van der Waals surface area contributed by atoms with Gasteiger partial charge in [-0.3, -0.25) is 0 Å². The summed E-state index contributed by atoms with van der Waals surface area (Å²) in [7, 11) is -2.86. The van der Waals surface area contributed by atoms with Crippen LogP contribution in [0.1, 0.15) is 58.3 Å². The smallest absolute Gasteiger partial charge is 0.150 e. The van der Waals surface area contributed by atoms with E-state index in [1.807, 2.05) is 6.26 Å². The third-order valence-electron chi connectivity index (χ3n) is 4.57. The van der Waals surface area contributed by atoms with Gasteiger partial charge in [0.1, 0.15) is 0 Å². The van der Waals surface area contributed by atoms with E-state index in [9.17, 15) is 8.42 Å². The molecule has 110 valence electrons. The normalized spacial score (nSPS) is 30.9. The number of allylic oxidation sites excluding steroid dienone is 1. The van der Waals surface area contributed by atoms with Crippen LogP contribution in [0.2, 0.25) is 0 Å². The van der Waals surface area contributed by atoms with Gasteiger partial charge in [-0.1, -0.05) is 13.3 Å². The Morgan fingerprint density at radius 2 is 1.95 bits per heavy atom. The van der Waals surface area contributed by atoms with Crippen LogP contribution in [0.3, 0.4) is 0 Å². The molecule has 0 spiro atoms. The first kappa shape index (κ1) is 14.9. The van der Waals surface area contributed by atoms with Crippen molar-refractivity contribution in [3.63, 3.8) is 0 Å². The van der Waals surface area contributed by atoms with E-state index in [0.717, 1.165) is 32.1 Å². The molecule has 1 atom stereocenters. The van der Waals surface area contributed by atoms with Crippen molar-refractivity contribution in [2.24, 2.45) is 5.41 Å². The van der Waals surface area contributed by atoms with Gasteiger partial charge < -0.3 is 4.74 Å². The van der Waals surface area contributed by atoms with Crippen molar-refractivity contribution < 1.29 is 13.2 Å². The van der Waals surface area contributed by atoms with E-state index in [4.69, 9.17) is 4.74 Å². The SMILES string of the molecule is CCC1(COC=C2CCCCC2)CCCS(=O)(=O)C1. The van der Waals surface area contributed by atoms with Gasteiger partial charge in [0.25, 0.3) is 0 Å². The number of ether oxygens (including phenoxy) is 1. The van der Waals surface area contributed by atoms with Crippen LogP contribution >= 0.6 is 0 Å². The summed E-state index contributed by atoms with van der Waals surface area (Å²) >= 11 is 0. The summed E-state index contributed by atoms with van der Waals surface area (Å²) in [4.78, 5) is 0.